The Morgan fingerprint density at radius 2 is 1.90 bits per heavy atom. The molecule has 0 spiro atoms. The zero-order valence-electron chi connectivity index (χ0n) is 16.9. The van der Waals surface area contributed by atoms with Gasteiger partial charge in [-0.05, 0) is 49.2 Å². The second-order valence-electron chi connectivity index (χ2n) is 7.27. The van der Waals surface area contributed by atoms with Crippen LogP contribution in [0, 0.1) is 12.7 Å². The van der Waals surface area contributed by atoms with Gasteiger partial charge in [-0.25, -0.2) is 9.37 Å². The molecule has 0 bridgehead atoms. The van der Waals surface area contributed by atoms with E-state index in [1.54, 1.807) is 25.4 Å². The van der Waals surface area contributed by atoms with E-state index in [2.05, 4.69) is 28.7 Å². The molecule has 152 valence electrons. The highest BCUT2D eigenvalue weighted by molar-refractivity contribution is 5.95. The van der Waals surface area contributed by atoms with Crippen molar-refractivity contribution < 1.29 is 9.18 Å². The molecule has 0 saturated carbocycles. The summed E-state index contributed by atoms with van der Waals surface area (Å²) in [5.74, 6) is 0.554. The van der Waals surface area contributed by atoms with Crippen molar-refractivity contribution >= 4 is 5.91 Å². The first-order valence-corrected chi connectivity index (χ1v) is 9.66. The number of pyridine rings is 1. The standard InChI is InChI=1S/C22H25FN4O2/c1-15(2)20-24-11-14-26(20)12-4-10-25-21(28)19-16(3)9-13-27(22(19)29)18-7-5-17(23)6-8-18/h5-9,11,13-15H,4,10,12H2,1-3H3,(H,25,28). The molecular formula is C22H25FN4O2. The number of carbonyl (C=O) groups is 1. The minimum atomic E-state index is -0.425. The van der Waals surface area contributed by atoms with E-state index in [0.29, 0.717) is 23.7 Å². The van der Waals surface area contributed by atoms with Crippen molar-refractivity contribution in [1.82, 2.24) is 19.4 Å². The third-order valence-electron chi connectivity index (χ3n) is 4.76. The van der Waals surface area contributed by atoms with Crippen LogP contribution in [0.25, 0.3) is 5.69 Å². The molecule has 0 fully saturated rings. The second-order valence-corrected chi connectivity index (χ2v) is 7.27. The van der Waals surface area contributed by atoms with E-state index in [1.807, 2.05) is 6.20 Å². The highest BCUT2D eigenvalue weighted by atomic mass is 19.1. The highest BCUT2D eigenvalue weighted by Crippen LogP contribution is 2.12. The van der Waals surface area contributed by atoms with Gasteiger partial charge in [-0.1, -0.05) is 13.8 Å². The van der Waals surface area contributed by atoms with Crippen LogP contribution in [0.15, 0.2) is 53.7 Å². The molecule has 0 unspecified atom stereocenters. The van der Waals surface area contributed by atoms with Gasteiger partial charge in [0.25, 0.3) is 11.5 Å². The molecular weight excluding hydrogens is 371 g/mol. The molecule has 0 aliphatic carbocycles. The summed E-state index contributed by atoms with van der Waals surface area (Å²) in [6, 6.07) is 7.28. The summed E-state index contributed by atoms with van der Waals surface area (Å²) >= 11 is 0. The minimum absolute atomic E-state index is 0.0994. The number of carbonyl (C=O) groups excluding carboxylic acids is 1. The van der Waals surface area contributed by atoms with Crippen LogP contribution in [0.4, 0.5) is 4.39 Å². The number of hydrogen-bond donors (Lipinski definition) is 1. The van der Waals surface area contributed by atoms with Gasteiger partial charge in [0.1, 0.15) is 17.2 Å². The van der Waals surface area contributed by atoms with Gasteiger partial charge in [-0.15, -0.1) is 0 Å². The Balaban J connectivity index is 1.69. The smallest absolute Gasteiger partial charge is 0.268 e. The van der Waals surface area contributed by atoms with Crippen LogP contribution in [-0.4, -0.2) is 26.6 Å². The molecule has 1 N–H and O–H groups in total. The maximum Gasteiger partial charge on any atom is 0.268 e. The van der Waals surface area contributed by atoms with Crippen LogP contribution in [0.2, 0.25) is 0 Å². The third-order valence-corrected chi connectivity index (χ3v) is 4.76. The van der Waals surface area contributed by atoms with Gasteiger partial charge < -0.3 is 9.88 Å². The van der Waals surface area contributed by atoms with Crippen LogP contribution < -0.4 is 10.9 Å². The number of benzene rings is 1. The number of rotatable bonds is 7. The fourth-order valence-electron chi connectivity index (χ4n) is 3.26. The van der Waals surface area contributed by atoms with Gasteiger partial charge in [0, 0.05) is 43.3 Å². The van der Waals surface area contributed by atoms with Crippen molar-refractivity contribution in [2.24, 2.45) is 0 Å². The minimum Gasteiger partial charge on any atom is -0.352 e. The molecule has 7 heteroatoms. The van der Waals surface area contributed by atoms with E-state index in [0.717, 1.165) is 18.8 Å². The molecule has 0 atom stereocenters. The zero-order valence-corrected chi connectivity index (χ0v) is 16.9. The van der Waals surface area contributed by atoms with Crippen LogP contribution in [-0.2, 0) is 6.54 Å². The number of hydrogen-bond acceptors (Lipinski definition) is 3. The largest absolute Gasteiger partial charge is 0.352 e. The molecule has 6 nitrogen and oxygen atoms in total. The second kappa shape index (κ2) is 8.86. The molecule has 0 saturated heterocycles. The summed E-state index contributed by atoms with van der Waals surface area (Å²) in [5.41, 5.74) is 0.780. The van der Waals surface area contributed by atoms with E-state index in [1.165, 1.54) is 28.8 Å². The van der Waals surface area contributed by atoms with Crippen LogP contribution in [0.3, 0.4) is 0 Å². The lowest BCUT2D eigenvalue weighted by Crippen LogP contribution is -2.34. The number of aryl methyl sites for hydroxylation is 2. The molecule has 0 radical (unpaired) electrons. The van der Waals surface area contributed by atoms with Gasteiger partial charge in [0.2, 0.25) is 0 Å². The van der Waals surface area contributed by atoms with E-state index < -0.39 is 11.5 Å². The molecule has 29 heavy (non-hydrogen) atoms. The lowest BCUT2D eigenvalue weighted by atomic mass is 10.1. The normalized spacial score (nSPS) is 11.1. The predicted molar refractivity (Wildman–Crippen MR) is 110 cm³/mol. The Hall–Kier alpha value is -3.22. The molecule has 3 rings (SSSR count). The Labute approximate surface area is 169 Å². The van der Waals surface area contributed by atoms with Gasteiger partial charge in [-0.3, -0.25) is 14.2 Å². The molecule has 0 aliphatic rings. The summed E-state index contributed by atoms with van der Waals surface area (Å²) in [5, 5.41) is 2.83. The Morgan fingerprint density at radius 3 is 2.59 bits per heavy atom. The number of nitrogens with one attached hydrogen (secondary N) is 1. The zero-order chi connectivity index (χ0) is 21.0. The fraction of sp³-hybridized carbons (Fsp3) is 0.318. The SMILES string of the molecule is Cc1ccn(-c2ccc(F)cc2)c(=O)c1C(=O)NCCCn1ccnc1C(C)C. The lowest BCUT2D eigenvalue weighted by molar-refractivity contribution is 0.0950. The van der Waals surface area contributed by atoms with Crippen molar-refractivity contribution in [3.05, 3.63) is 82.0 Å². The molecule has 3 aromatic rings. The number of amides is 1. The summed E-state index contributed by atoms with van der Waals surface area (Å²) in [7, 11) is 0. The fourth-order valence-corrected chi connectivity index (χ4v) is 3.26. The average Bonchev–Trinajstić information content (AvgIpc) is 3.15. The Bertz CT molecular complexity index is 1050. The van der Waals surface area contributed by atoms with E-state index in [9.17, 15) is 14.0 Å². The average molecular weight is 396 g/mol. The van der Waals surface area contributed by atoms with Crippen molar-refractivity contribution in [2.75, 3.05) is 6.54 Å². The predicted octanol–water partition coefficient (Wildman–Crippen LogP) is 3.43. The van der Waals surface area contributed by atoms with Crippen molar-refractivity contribution in [3.63, 3.8) is 0 Å². The summed E-state index contributed by atoms with van der Waals surface area (Å²) in [6.45, 7) is 7.09. The topological polar surface area (TPSA) is 68.9 Å². The highest BCUT2D eigenvalue weighted by Gasteiger charge is 2.16. The summed E-state index contributed by atoms with van der Waals surface area (Å²) in [6.07, 6.45) is 6.02. The maximum absolute atomic E-state index is 13.2. The van der Waals surface area contributed by atoms with E-state index in [-0.39, 0.29) is 11.4 Å². The number of halogens is 1. The number of imidazole rings is 1. The lowest BCUT2D eigenvalue weighted by Gasteiger charge is -2.12. The third kappa shape index (κ3) is 4.62. The van der Waals surface area contributed by atoms with Crippen LogP contribution >= 0.6 is 0 Å². The molecule has 0 aliphatic heterocycles. The molecule has 1 aromatic carbocycles. The Morgan fingerprint density at radius 1 is 1.17 bits per heavy atom. The first-order valence-electron chi connectivity index (χ1n) is 9.66. The van der Waals surface area contributed by atoms with Crippen molar-refractivity contribution in [3.8, 4) is 5.69 Å². The maximum atomic E-state index is 13.2. The first kappa shape index (κ1) is 20.5. The monoisotopic (exact) mass is 396 g/mol. The summed E-state index contributed by atoms with van der Waals surface area (Å²) < 4.78 is 16.6. The van der Waals surface area contributed by atoms with Crippen LogP contribution in [0.1, 0.15) is 47.9 Å². The number of nitrogens with zero attached hydrogens (tertiary/aromatic N) is 3. The van der Waals surface area contributed by atoms with E-state index >= 15 is 0 Å². The van der Waals surface area contributed by atoms with Gasteiger partial charge in [0.05, 0.1) is 0 Å². The van der Waals surface area contributed by atoms with Crippen molar-refractivity contribution in [1.29, 1.82) is 0 Å². The molecule has 2 heterocycles. The quantitative estimate of drug-likeness (QED) is 0.622. The Kier molecular flexibility index (Phi) is 6.26. The van der Waals surface area contributed by atoms with Gasteiger partial charge >= 0.3 is 0 Å². The van der Waals surface area contributed by atoms with Gasteiger partial charge in [0.15, 0.2) is 0 Å². The van der Waals surface area contributed by atoms with Crippen molar-refractivity contribution in [2.45, 2.75) is 39.7 Å². The van der Waals surface area contributed by atoms with Gasteiger partial charge in [-0.2, -0.15) is 0 Å². The first-order chi connectivity index (χ1) is 13.9. The van der Waals surface area contributed by atoms with E-state index in [4.69, 9.17) is 0 Å². The summed E-state index contributed by atoms with van der Waals surface area (Å²) in [4.78, 5) is 29.9. The molecule has 1 amide bonds. The number of aromatic nitrogens is 3. The van der Waals surface area contributed by atoms with Crippen LogP contribution in [0.5, 0.6) is 0 Å². The molecule has 2 aromatic heterocycles.